The highest BCUT2D eigenvalue weighted by molar-refractivity contribution is 5.60. The molecular formula is C22H17FN2O2. The van der Waals surface area contributed by atoms with Crippen LogP contribution in [-0.2, 0) is 6.61 Å². The number of aryl methyl sites for hydroxylation is 1. The van der Waals surface area contributed by atoms with Crippen molar-refractivity contribution in [3.8, 4) is 28.6 Å². The van der Waals surface area contributed by atoms with Crippen LogP contribution in [0.25, 0.3) is 22.8 Å². The van der Waals surface area contributed by atoms with Crippen molar-refractivity contribution in [3.05, 3.63) is 89.7 Å². The summed E-state index contributed by atoms with van der Waals surface area (Å²) in [7, 11) is 0. The molecule has 4 nitrogen and oxygen atoms in total. The molecule has 0 aliphatic heterocycles. The van der Waals surface area contributed by atoms with Gasteiger partial charge in [-0.05, 0) is 60.5 Å². The molecule has 0 saturated carbocycles. The summed E-state index contributed by atoms with van der Waals surface area (Å²) in [5.41, 5.74) is 3.70. The SMILES string of the molecule is Cc1ccccc1COc1ccc(-c2noc(-c3cccc(F)c3)n2)cc1. The zero-order chi connectivity index (χ0) is 18.6. The van der Waals surface area contributed by atoms with Crippen LogP contribution in [0.4, 0.5) is 4.39 Å². The smallest absolute Gasteiger partial charge is 0.258 e. The van der Waals surface area contributed by atoms with Crippen LogP contribution >= 0.6 is 0 Å². The second-order valence-corrected chi connectivity index (χ2v) is 6.17. The van der Waals surface area contributed by atoms with Crippen LogP contribution in [0.2, 0.25) is 0 Å². The molecule has 0 aliphatic carbocycles. The number of halogens is 1. The van der Waals surface area contributed by atoms with E-state index in [2.05, 4.69) is 29.2 Å². The Balaban J connectivity index is 1.47. The average molecular weight is 360 g/mol. The second-order valence-electron chi connectivity index (χ2n) is 6.17. The van der Waals surface area contributed by atoms with Gasteiger partial charge in [-0.25, -0.2) is 4.39 Å². The van der Waals surface area contributed by atoms with Gasteiger partial charge in [0.1, 0.15) is 18.2 Å². The van der Waals surface area contributed by atoms with E-state index in [0.29, 0.717) is 18.0 Å². The minimum Gasteiger partial charge on any atom is -0.489 e. The van der Waals surface area contributed by atoms with Crippen molar-refractivity contribution in [2.75, 3.05) is 0 Å². The number of nitrogens with zero attached hydrogens (tertiary/aromatic N) is 2. The lowest BCUT2D eigenvalue weighted by atomic mass is 10.1. The summed E-state index contributed by atoms with van der Waals surface area (Å²) in [5.74, 6) is 1.14. The molecule has 5 heteroatoms. The maximum atomic E-state index is 13.3. The Morgan fingerprint density at radius 1 is 0.926 bits per heavy atom. The predicted octanol–water partition coefficient (Wildman–Crippen LogP) is 5.43. The zero-order valence-corrected chi connectivity index (χ0v) is 14.7. The van der Waals surface area contributed by atoms with Gasteiger partial charge < -0.3 is 9.26 Å². The third kappa shape index (κ3) is 3.87. The van der Waals surface area contributed by atoms with E-state index in [4.69, 9.17) is 9.26 Å². The van der Waals surface area contributed by atoms with Gasteiger partial charge in [0.25, 0.3) is 5.89 Å². The number of benzene rings is 3. The van der Waals surface area contributed by atoms with E-state index in [0.717, 1.165) is 16.9 Å². The molecule has 4 rings (SSSR count). The summed E-state index contributed by atoms with van der Waals surface area (Å²) in [6, 6.07) is 21.7. The lowest BCUT2D eigenvalue weighted by molar-refractivity contribution is 0.305. The molecule has 0 N–H and O–H groups in total. The molecule has 134 valence electrons. The van der Waals surface area contributed by atoms with E-state index in [1.165, 1.54) is 17.7 Å². The first kappa shape index (κ1) is 17.0. The molecule has 1 heterocycles. The molecule has 4 aromatic rings. The molecule has 0 atom stereocenters. The number of hydrogen-bond donors (Lipinski definition) is 0. The molecule has 27 heavy (non-hydrogen) atoms. The number of rotatable bonds is 5. The monoisotopic (exact) mass is 360 g/mol. The fourth-order valence-corrected chi connectivity index (χ4v) is 2.71. The first-order valence-corrected chi connectivity index (χ1v) is 8.56. The first-order chi connectivity index (χ1) is 13.2. The van der Waals surface area contributed by atoms with Gasteiger partial charge in [0.2, 0.25) is 5.82 Å². The molecule has 0 radical (unpaired) electrons. The molecule has 0 aliphatic rings. The van der Waals surface area contributed by atoms with Crippen LogP contribution in [0.15, 0.2) is 77.3 Å². The van der Waals surface area contributed by atoms with Crippen molar-refractivity contribution < 1.29 is 13.7 Å². The van der Waals surface area contributed by atoms with Crippen LogP contribution in [-0.4, -0.2) is 10.1 Å². The third-order valence-electron chi connectivity index (χ3n) is 4.27. The van der Waals surface area contributed by atoms with Crippen molar-refractivity contribution >= 4 is 0 Å². The van der Waals surface area contributed by atoms with Crippen molar-refractivity contribution in [1.29, 1.82) is 0 Å². The molecule has 0 unspecified atom stereocenters. The van der Waals surface area contributed by atoms with Crippen molar-refractivity contribution in [2.24, 2.45) is 0 Å². The summed E-state index contributed by atoms with van der Waals surface area (Å²) in [4.78, 5) is 4.34. The lowest BCUT2D eigenvalue weighted by Gasteiger charge is -2.08. The normalized spacial score (nSPS) is 10.7. The molecule has 3 aromatic carbocycles. The summed E-state index contributed by atoms with van der Waals surface area (Å²) >= 11 is 0. The fourth-order valence-electron chi connectivity index (χ4n) is 2.71. The minimum atomic E-state index is -0.345. The van der Waals surface area contributed by atoms with Crippen LogP contribution in [0.1, 0.15) is 11.1 Å². The number of aromatic nitrogens is 2. The summed E-state index contributed by atoms with van der Waals surface area (Å²) in [6.07, 6.45) is 0. The Morgan fingerprint density at radius 2 is 1.74 bits per heavy atom. The zero-order valence-electron chi connectivity index (χ0n) is 14.7. The second kappa shape index (κ2) is 7.41. The molecule has 0 bridgehead atoms. The van der Waals surface area contributed by atoms with Crippen molar-refractivity contribution in [2.45, 2.75) is 13.5 Å². The Hall–Kier alpha value is -3.47. The highest BCUT2D eigenvalue weighted by atomic mass is 19.1. The van der Waals surface area contributed by atoms with Gasteiger partial charge in [-0.1, -0.05) is 35.5 Å². The maximum Gasteiger partial charge on any atom is 0.258 e. The van der Waals surface area contributed by atoms with E-state index in [-0.39, 0.29) is 11.7 Å². The summed E-state index contributed by atoms with van der Waals surface area (Å²) < 4.78 is 24.4. The summed E-state index contributed by atoms with van der Waals surface area (Å²) in [6.45, 7) is 2.58. The lowest BCUT2D eigenvalue weighted by Crippen LogP contribution is -1.97. The molecule has 0 saturated heterocycles. The average Bonchev–Trinajstić information content (AvgIpc) is 3.18. The van der Waals surface area contributed by atoms with Crippen LogP contribution < -0.4 is 4.74 Å². The fraction of sp³-hybridized carbons (Fsp3) is 0.0909. The summed E-state index contributed by atoms with van der Waals surface area (Å²) in [5, 5.41) is 3.98. The van der Waals surface area contributed by atoms with Crippen LogP contribution in [0.5, 0.6) is 5.75 Å². The van der Waals surface area contributed by atoms with E-state index >= 15 is 0 Å². The van der Waals surface area contributed by atoms with Crippen molar-refractivity contribution in [1.82, 2.24) is 10.1 Å². The Kier molecular flexibility index (Phi) is 4.66. The quantitative estimate of drug-likeness (QED) is 0.476. The molecular weight excluding hydrogens is 343 g/mol. The molecule has 0 spiro atoms. The molecule has 0 fully saturated rings. The largest absolute Gasteiger partial charge is 0.489 e. The Morgan fingerprint density at radius 3 is 2.52 bits per heavy atom. The first-order valence-electron chi connectivity index (χ1n) is 8.56. The van der Waals surface area contributed by atoms with E-state index in [9.17, 15) is 4.39 Å². The van der Waals surface area contributed by atoms with Gasteiger partial charge in [0.15, 0.2) is 0 Å². The predicted molar refractivity (Wildman–Crippen MR) is 101 cm³/mol. The van der Waals surface area contributed by atoms with Gasteiger partial charge in [-0.2, -0.15) is 4.98 Å². The van der Waals surface area contributed by atoms with E-state index in [1.807, 2.05) is 36.4 Å². The van der Waals surface area contributed by atoms with Gasteiger partial charge in [-0.15, -0.1) is 0 Å². The molecule has 0 amide bonds. The molecule has 1 aromatic heterocycles. The van der Waals surface area contributed by atoms with Gasteiger partial charge in [0.05, 0.1) is 0 Å². The van der Waals surface area contributed by atoms with Crippen molar-refractivity contribution in [3.63, 3.8) is 0 Å². The Bertz CT molecular complexity index is 1060. The number of ether oxygens (including phenoxy) is 1. The third-order valence-corrected chi connectivity index (χ3v) is 4.27. The van der Waals surface area contributed by atoms with E-state index < -0.39 is 0 Å². The Labute approximate surface area is 156 Å². The van der Waals surface area contributed by atoms with Gasteiger partial charge in [-0.3, -0.25) is 0 Å². The van der Waals surface area contributed by atoms with Gasteiger partial charge in [0, 0.05) is 11.1 Å². The maximum absolute atomic E-state index is 13.3. The minimum absolute atomic E-state index is 0.282. The van der Waals surface area contributed by atoms with E-state index in [1.54, 1.807) is 12.1 Å². The van der Waals surface area contributed by atoms with Crippen LogP contribution in [0, 0.1) is 12.7 Å². The standard InChI is InChI=1S/C22H17FN2O2/c1-15-5-2-3-6-18(15)14-26-20-11-9-16(10-12-20)21-24-22(27-25-21)17-7-4-8-19(23)13-17/h2-13H,14H2,1H3. The highest BCUT2D eigenvalue weighted by Crippen LogP contribution is 2.24. The topological polar surface area (TPSA) is 48.2 Å². The highest BCUT2D eigenvalue weighted by Gasteiger charge is 2.11. The van der Waals surface area contributed by atoms with Crippen LogP contribution in [0.3, 0.4) is 0 Å². The number of hydrogen-bond acceptors (Lipinski definition) is 4. The van der Waals surface area contributed by atoms with Gasteiger partial charge >= 0.3 is 0 Å².